The van der Waals surface area contributed by atoms with Crippen LogP contribution in [0.2, 0.25) is 10.0 Å². The summed E-state index contributed by atoms with van der Waals surface area (Å²) in [6.07, 6.45) is 0. The van der Waals surface area contributed by atoms with E-state index in [9.17, 15) is 0 Å². The van der Waals surface area contributed by atoms with Crippen molar-refractivity contribution < 1.29 is 0 Å². The van der Waals surface area contributed by atoms with E-state index >= 15 is 0 Å². The minimum absolute atomic E-state index is 0.233. The lowest BCUT2D eigenvalue weighted by Gasteiger charge is -2.25. The molecule has 0 spiro atoms. The quantitative estimate of drug-likeness (QED) is 0.923. The van der Waals surface area contributed by atoms with Crippen LogP contribution in [-0.2, 0) is 6.54 Å². The van der Waals surface area contributed by atoms with E-state index in [0.717, 1.165) is 24.7 Å². The summed E-state index contributed by atoms with van der Waals surface area (Å²) in [5, 5.41) is 1.44. The van der Waals surface area contributed by atoms with Crippen molar-refractivity contribution in [2.45, 2.75) is 12.6 Å². The maximum absolute atomic E-state index is 6.26. The second kappa shape index (κ2) is 5.76. The minimum Gasteiger partial charge on any atom is -0.329 e. The van der Waals surface area contributed by atoms with Crippen molar-refractivity contribution in [2.75, 3.05) is 33.7 Å². The van der Waals surface area contributed by atoms with Gasteiger partial charge in [0.2, 0.25) is 0 Å². The van der Waals surface area contributed by atoms with Crippen LogP contribution in [0.25, 0.3) is 0 Å². The Balaban J connectivity index is 2.23. The molecule has 1 aliphatic heterocycles. The van der Waals surface area contributed by atoms with Gasteiger partial charge in [-0.2, -0.15) is 0 Å². The predicted octanol–water partition coefficient (Wildman–Crippen LogP) is 2.37. The Kier molecular flexibility index (Phi) is 4.51. The molecule has 2 N–H and O–H groups in total. The van der Waals surface area contributed by atoms with Crippen LogP contribution in [0.5, 0.6) is 0 Å². The molecule has 0 bridgehead atoms. The van der Waals surface area contributed by atoms with Gasteiger partial charge in [0, 0.05) is 42.3 Å². The Labute approximate surface area is 118 Å². The van der Waals surface area contributed by atoms with Gasteiger partial charge in [0.05, 0.1) is 0 Å². The zero-order chi connectivity index (χ0) is 13.3. The second-order valence-corrected chi connectivity index (χ2v) is 5.82. The number of halogens is 2. The molecule has 2 rings (SSSR count). The molecule has 100 valence electrons. The van der Waals surface area contributed by atoms with Gasteiger partial charge in [-0.1, -0.05) is 23.2 Å². The van der Waals surface area contributed by atoms with Gasteiger partial charge < -0.3 is 10.6 Å². The highest BCUT2D eigenvalue weighted by atomic mass is 35.5. The summed E-state index contributed by atoms with van der Waals surface area (Å²) in [6.45, 7) is 3.45. The summed E-state index contributed by atoms with van der Waals surface area (Å²) in [4.78, 5) is 4.54. The van der Waals surface area contributed by atoms with Gasteiger partial charge in [-0.3, -0.25) is 4.90 Å². The van der Waals surface area contributed by atoms with E-state index in [1.165, 1.54) is 11.1 Å². The standard InChI is InChI=1S/C13H19Cl2N3/c1-17(2)3-4-18-8-11-10(13(18)7-16)5-9(14)6-12(11)15/h5-6,13H,3-4,7-8,16H2,1-2H3. The maximum Gasteiger partial charge on any atom is 0.0478 e. The molecule has 1 heterocycles. The lowest BCUT2D eigenvalue weighted by Crippen LogP contribution is -2.33. The van der Waals surface area contributed by atoms with Crippen LogP contribution in [0.3, 0.4) is 0 Å². The Bertz CT molecular complexity index is 434. The van der Waals surface area contributed by atoms with Gasteiger partial charge in [-0.25, -0.2) is 0 Å². The molecule has 0 saturated carbocycles. The smallest absolute Gasteiger partial charge is 0.0478 e. The van der Waals surface area contributed by atoms with E-state index in [-0.39, 0.29) is 6.04 Å². The molecular weight excluding hydrogens is 269 g/mol. The number of nitrogens with zero attached hydrogens (tertiary/aromatic N) is 2. The second-order valence-electron chi connectivity index (χ2n) is 4.98. The average molecular weight is 288 g/mol. The first-order valence-corrected chi connectivity index (χ1v) is 6.85. The molecule has 1 aliphatic rings. The Morgan fingerprint density at radius 3 is 2.72 bits per heavy atom. The third kappa shape index (κ3) is 2.81. The SMILES string of the molecule is CN(C)CCN1Cc2c(Cl)cc(Cl)cc2C1CN. The van der Waals surface area contributed by atoms with Crippen molar-refractivity contribution in [3.05, 3.63) is 33.3 Å². The van der Waals surface area contributed by atoms with Gasteiger partial charge in [-0.05, 0) is 37.4 Å². The lowest BCUT2D eigenvalue weighted by atomic mass is 10.1. The monoisotopic (exact) mass is 287 g/mol. The number of nitrogens with two attached hydrogens (primary N) is 1. The minimum atomic E-state index is 0.233. The maximum atomic E-state index is 6.26. The van der Waals surface area contributed by atoms with Crippen LogP contribution in [0, 0.1) is 0 Å². The number of hydrogen-bond acceptors (Lipinski definition) is 3. The predicted molar refractivity (Wildman–Crippen MR) is 77.2 cm³/mol. The molecule has 0 amide bonds. The fourth-order valence-corrected chi connectivity index (χ4v) is 3.01. The van der Waals surface area contributed by atoms with Crippen LogP contribution in [0.15, 0.2) is 12.1 Å². The molecule has 0 aromatic heterocycles. The zero-order valence-corrected chi connectivity index (χ0v) is 12.3. The summed E-state index contributed by atoms with van der Waals surface area (Å²) in [5.41, 5.74) is 8.27. The summed E-state index contributed by atoms with van der Waals surface area (Å²) < 4.78 is 0. The van der Waals surface area contributed by atoms with E-state index in [1.54, 1.807) is 0 Å². The van der Waals surface area contributed by atoms with Crippen molar-refractivity contribution in [3.63, 3.8) is 0 Å². The van der Waals surface area contributed by atoms with Crippen LogP contribution < -0.4 is 5.73 Å². The molecule has 3 nitrogen and oxygen atoms in total. The molecule has 1 unspecified atom stereocenters. The third-order valence-electron chi connectivity index (χ3n) is 3.41. The fourth-order valence-electron chi connectivity index (χ4n) is 2.44. The van der Waals surface area contributed by atoms with E-state index in [4.69, 9.17) is 28.9 Å². The van der Waals surface area contributed by atoms with Crippen molar-refractivity contribution >= 4 is 23.2 Å². The van der Waals surface area contributed by atoms with Crippen LogP contribution >= 0.6 is 23.2 Å². The number of fused-ring (bicyclic) bond motifs is 1. The molecule has 18 heavy (non-hydrogen) atoms. The number of hydrogen-bond donors (Lipinski definition) is 1. The highest BCUT2D eigenvalue weighted by molar-refractivity contribution is 6.35. The first-order valence-electron chi connectivity index (χ1n) is 6.09. The summed E-state index contributed by atoms with van der Waals surface area (Å²) in [7, 11) is 4.15. The fraction of sp³-hybridized carbons (Fsp3) is 0.538. The van der Waals surface area contributed by atoms with E-state index < -0.39 is 0 Å². The van der Waals surface area contributed by atoms with Crippen molar-refractivity contribution in [3.8, 4) is 0 Å². The number of likely N-dealkylation sites (N-methyl/N-ethyl adjacent to an activating group) is 1. The van der Waals surface area contributed by atoms with Crippen LogP contribution in [0.1, 0.15) is 17.2 Å². The summed E-state index contributed by atoms with van der Waals surface area (Å²) >= 11 is 12.3. The molecular formula is C13H19Cl2N3. The zero-order valence-electron chi connectivity index (χ0n) is 10.8. The first-order chi connectivity index (χ1) is 8.52. The van der Waals surface area contributed by atoms with Crippen LogP contribution in [0.4, 0.5) is 0 Å². The topological polar surface area (TPSA) is 32.5 Å². The number of rotatable bonds is 4. The van der Waals surface area contributed by atoms with Crippen molar-refractivity contribution in [2.24, 2.45) is 5.73 Å². The molecule has 1 aromatic rings. The Hall–Kier alpha value is -0.320. The van der Waals surface area contributed by atoms with Crippen LogP contribution in [-0.4, -0.2) is 43.5 Å². The number of benzene rings is 1. The van der Waals surface area contributed by atoms with Gasteiger partial charge in [0.15, 0.2) is 0 Å². The van der Waals surface area contributed by atoms with Crippen molar-refractivity contribution in [1.82, 2.24) is 9.80 Å². The molecule has 0 aliphatic carbocycles. The van der Waals surface area contributed by atoms with E-state index in [1.807, 2.05) is 12.1 Å². The van der Waals surface area contributed by atoms with Gasteiger partial charge in [0.1, 0.15) is 0 Å². The Morgan fingerprint density at radius 1 is 1.39 bits per heavy atom. The molecule has 1 atom stereocenters. The van der Waals surface area contributed by atoms with Crippen molar-refractivity contribution in [1.29, 1.82) is 0 Å². The molecule has 5 heteroatoms. The highest BCUT2D eigenvalue weighted by Crippen LogP contribution is 2.38. The largest absolute Gasteiger partial charge is 0.329 e. The third-order valence-corrected chi connectivity index (χ3v) is 3.97. The van der Waals surface area contributed by atoms with Gasteiger partial charge in [-0.15, -0.1) is 0 Å². The normalized spacial score (nSPS) is 19.6. The highest BCUT2D eigenvalue weighted by Gasteiger charge is 2.30. The van der Waals surface area contributed by atoms with E-state index in [0.29, 0.717) is 11.6 Å². The van der Waals surface area contributed by atoms with E-state index in [2.05, 4.69) is 23.9 Å². The van der Waals surface area contributed by atoms with Gasteiger partial charge >= 0.3 is 0 Å². The van der Waals surface area contributed by atoms with Gasteiger partial charge in [0.25, 0.3) is 0 Å². The molecule has 0 saturated heterocycles. The molecule has 1 aromatic carbocycles. The first kappa shape index (κ1) is 14.1. The summed E-state index contributed by atoms with van der Waals surface area (Å²) in [6, 6.07) is 4.04. The Morgan fingerprint density at radius 2 is 2.11 bits per heavy atom. The molecule has 0 fully saturated rings. The average Bonchev–Trinajstić information content (AvgIpc) is 2.64. The summed E-state index contributed by atoms with van der Waals surface area (Å²) in [5.74, 6) is 0. The molecule has 0 radical (unpaired) electrons. The lowest BCUT2D eigenvalue weighted by molar-refractivity contribution is 0.197.